The summed E-state index contributed by atoms with van der Waals surface area (Å²) < 4.78 is 0.894. The number of amides is 1. The van der Waals surface area contributed by atoms with Gasteiger partial charge < -0.3 is 5.32 Å². The highest BCUT2D eigenvalue weighted by atomic mass is 79.9. The number of carbonyl (C=O) groups excluding carboxylic acids is 2. The molecule has 1 amide bonds. The van der Waals surface area contributed by atoms with Gasteiger partial charge in [0.2, 0.25) is 5.78 Å². The van der Waals surface area contributed by atoms with Gasteiger partial charge >= 0.3 is 0 Å². The molecule has 1 aromatic carbocycles. The fraction of sp³-hybridized carbons (Fsp3) is 0.385. The predicted octanol–water partition coefficient (Wildman–Crippen LogP) is 2.69. The molecule has 3 nitrogen and oxygen atoms in total. The van der Waals surface area contributed by atoms with Crippen molar-refractivity contribution in [1.29, 1.82) is 0 Å². The zero-order chi connectivity index (χ0) is 12.3. The number of carbonyl (C=O) groups is 2. The number of hydrogen-bond donors (Lipinski definition) is 1. The van der Waals surface area contributed by atoms with Crippen LogP contribution in [-0.2, 0) is 4.79 Å². The van der Waals surface area contributed by atoms with E-state index >= 15 is 0 Å². The minimum absolute atomic E-state index is 0.182. The molecular formula is C13H14BrNO2. The van der Waals surface area contributed by atoms with Gasteiger partial charge in [0.05, 0.1) is 0 Å². The summed E-state index contributed by atoms with van der Waals surface area (Å²) in [5, 5.41) is 2.79. The highest BCUT2D eigenvalue weighted by molar-refractivity contribution is 9.10. The Bertz CT molecular complexity index is 422. The van der Waals surface area contributed by atoms with E-state index in [9.17, 15) is 9.59 Å². The Balaban J connectivity index is 1.99. The van der Waals surface area contributed by atoms with Gasteiger partial charge in [0.25, 0.3) is 5.91 Å². The maximum absolute atomic E-state index is 11.8. The minimum Gasteiger partial charge on any atom is -0.346 e. The van der Waals surface area contributed by atoms with Crippen LogP contribution in [0.3, 0.4) is 0 Å². The van der Waals surface area contributed by atoms with E-state index in [1.807, 2.05) is 0 Å². The van der Waals surface area contributed by atoms with Crippen molar-refractivity contribution in [2.24, 2.45) is 0 Å². The predicted molar refractivity (Wildman–Crippen MR) is 68.9 cm³/mol. The molecule has 1 aliphatic rings. The SMILES string of the molecule is O=C(NC1CCCC1)C(=O)c1ccc(Br)cc1. The van der Waals surface area contributed by atoms with Crippen molar-refractivity contribution in [3.63, 3.8) is 0 Å². The van der Waals surface area contributed by atoms with Crippen LogP contribution in [0.2, 0.25) is 0 Å². The molecule has 90 valence electrons. The lowest BCUT2D eigenvalue weighted by atomic mass is 10.1. The van der Waals surface area contributed by atoms with Crippen LogP contribution in [-0.4, -0.2) is 17.7 Å². The van der Waals surface area contributed by atoms with E-state index in [1.54, 1.807) is 24.3 Å². The quantitative estimate of drug-likeness (QED) is 0.688. The second kappa shape index (κ2) is 5.45. The smallest absolute Gasteiger partial charge is 0.292 e. The Hall–Kier alpha value is -1.16. The zero-order valence-electron chi connectivity index (χ0n) is 9.41. The van der Waals surface area contributed by atoms with Gasteiger partial charge in [-0.2, -0.15) is 0 Å². The molecule has 1 aromatic rings. The van der Waals surface area contributed by atoms with Crippen molar-refractivity contribution < 1.29 is 9.59 Å². The number of benzene rings is 1. The number of hydrogen-bond acceptors (Lipinski definition) is 2. The Kier molecular flexibility index (Phi) is 3.94. The highest BCUT2D eigenvalue weighted by Gasteiger charge is 2.22. The second-order valence-electron chi connectivity index (χ2n) is 4.29. The van der Waals surface area contributed by atoms with E-state index in [2.05, 4.69) is 21.2 Å². The lowest BCUT2D eigenvalue weighted by Gasteiger charge is -2.10. The van der Waals surface area contributed by atoms with E-state index in [0.717, 1.165) is 30.2 Å². The molecule has 0 atom stereocenters. The maximum Gasteiger partial charge on any atom is 0.292 e. The standard InChI is InChI=1S/C13H14BrNO2/c14-10-7-5-9(6-8-10)12(16)13(17)15-11-3-1-2-4-11/h5-8,11H,1-4H2,(H,15,17). The zero-order valence-corrected chi connectivity index (χ0v) is 11.0. The van der Waals surface area contributed by atoms with Crippen molar-refractivity contribution in [3.05, 3.63) is 34.3 Å². The number of Topliss-reactive ketones (excluding diaryl/α,β-unsaturated/α-hetero) is 1. The molecule has 1 aliphatic carbocycles. The second-order valence-corrected chi connectivity index (χ2v) is 5.21. The summed E-state index contributed by atoms with van der Waals surface area (Å²) in [5.74, 6) is -0.941. The molecule has 0 spiro atoms. The molecule has 4 heteroatoms. The summed E-state index contributed by atoms with van der Waals surface area (Å²) in [5.41, 5.74) is 0.434. The van der Waals surface area contributed by atoms with Crippen LogP contribution in [0.5, 0.6) is 0 Å². The summed E-state index contributed by atoms with van der Waals surface area (Å²) in [7, 11) is 0. The topological polar surface area (TPSA) is 46.2 Å². The van der Waals surface area contributed by atoms with Crippen molar-refractivity contribution in [1.82, 2.24) is 5.32 Å². The number of nitrogens with one attached hydrogen (secondary N) is 1. The van der Waals surface area contributed by atoms with Crippen molar-refractivity contribution in [2.75, 3.05) is 0 Å². The fourth-order valence-corrected chi connectivity index (χ4v) is 2.32. The Labute approximate surface area is 109 Å². The molecular weight excluding hydrogens is 282 g/mol. The van der Waals surface area contributed by atoms with E-state index in [1.165, 1.54) is 0 Å². The van der Waals surface area contributed by atoms with Gasteiger partial charge in [0.15, 0.2) is 0 Å². The molecule has 0 unspecified atom stereocenters. The average molecular weight is 296 g/mol. The molecule has 1 N–H and O–H groups in total. The van der Waals surface area contributed by atoms with Gasteiger partial charge in [0.1, 0.15) is 0 Å². The van der Waals surface area contributed by atoms with E-state index in [0.29, 0.717) is 5.56 Å². The van der Waals surface area contributed by atoms with Crippen LogP contribution in [0, 0.1) is 0 Å². The third kappa shape index (κ3) is 3.16. The first-order chi connectivity index (χ1) is 8.16. The summed E-state index contributed by atoms with van der Waals surface area (Å²) in [4.78, 5) is 23.5. The maximum atomic E-state index is 11.8. The number of halogens is 1. The molecule has 17 heavy (non-hydrogen) atoms. The van der Waals surface area contributed by atoms with Crippen molar-refractivity contribution in [2.45, 2.75) is 31.7 Å². The van der Waals surface area contributed by atoms with Gasteiger partial charge in [-0.15, -0.1) is 0 Å². The van der Waals surface area contributed by atoms with E-state index in [4.69, 9.17) is 0 Å². The fourth-order valence-electron chi connectivity index (χ4n) is 2.05. The third-order valence-corrected chi connectivity index (χ3v) is 3.53. The number of rotatable bonds is 3. The van der Waals surface area contributed by atoms with Gasteiger partial charge in [-0.1, -0.05) is 28.8 Å². The molecule has 1 saturated carbocycles. The minimum atomic E-state index is -0.487. The molecule has 2 rings (SSSR count). The molecule has 0 aromatic heterocycles. The molecule has 0 heterocycles. The van der Waals surface area contributed by atoms with Crippen LogP contribution < -0.4 is 5.32 Å². The van der Waals surface area contributed by atoms with Crippen LogP contribution in [0.25, 0.3) is 0 Å². The first-order valence-corrected chi connectivity index (χ1v) is 6.57. The average Bonchev–Trinajstić information content (AvgIpc) is 2.82. The van der Waals surface area contributed by atoms with Crippen molar-refractivity contribution >= 4 is 27.6 Å². The normalized spacial score (nSPS) is 15.8. The molecule has 0 saturated heterocycles. The monoisotopic (exact) mass is 295 g/mol. The van der Waals surface area contributed by atoms with Crippen LogP contribution in [0.1, 0.15) is 36.0 Å². The molecule has 0 bridgehead atoms. The van der Waals surface area contributed by atoms with E-state index in [-0.39, 0.29) is 6.04 Å². The van der Waals surface area contributed by atoms with Crippen LogP contribution in [0.4, 0.5) is 0 Å². The molecule has 0 radical (unpaired) electrons. The summed E-state index contributed by atoms with van der Waals surface area (Å²) in [6, 6.07) is 7.01. The lowest BCUT2D eigenvalue weighted by molar-refractivity contribution is -0.117. The van der Waals surface area contributed by atoms with Gasteiger partial charge in [-0.05, 0) is 37.1 Å². The summed E-state index contributed by atoms with van der Waals surface area (Å²) in [6.45, 7) is 0. The van der Waals surface area contributed by atoms with Crippen LogP contribution in [0.15, 0.2) is 28.7 Å². The van der Waals surface area contributed by atoms with Gasteiger partial charge in [0, 0.05) is 16.1 Å². The lowest BCUT2D eigenvalue weighted by Crippen LogP contribution is -2.37. The Morgan fingerprint density at radius 3 is 2.29 bits per heavy atom. The Morgan fingerprint density at radius 2 is 1.71 bits per heavy atom. The first kappa shape index (κ1) is 12.3. The first-order valence-electron chi connectivity index (χ1n) is 5.77. The molecule has 1 fully saturated rings. The number of ketones is 1. The van der Waals surface area contributed by atoms with Gasteiger partial charge in [-0.25, -0.2) is 0 Å². The van der Waals surface area contributed by atoms with Crippen LogP contribution >= 0.6 is 15.9 Å². The third-order valence-electron chi connectivity index (χ3n) is 3.00. The van der Waals surface area contributed by atoms with Crippen molar-refractivity contribution in [3.8, 4) is 0 Å². The summed E-state index contributed by atoms with van der Waals surface area (Å²) >= 11 is 3.29. The van der Waals surface area contributed by atoms with Gasteiger partial charge in [-0.3, -0.25) is 9.59 Å². The molecule has 0 aliphatic heterocycles. The van der Waals surface area contributed by atoms with E-state index < -0.39 is 11.7 Å². The largest absolute Gasteiger partial charge is 0.346 e. The Morgan fingerprint density at radius 1 is 1.12 bits per heavy atom. The highest BCUT2D eigenvalue weighted by Crippen LogP contribution is 2.18. The summed E-state index contributed by atoms with van der Waals surface area (Å²) in [6.07, 6.45) is 4.24.